The van der Waals surface area contributed by atoms with Gasteiger partial charge in [0.15, 0.2) is 0 Å². The number of cyclic esters (lactones) is 1. The normalized spacial score (nSPS) is 17.9. The third-order valence-electron chi connectivity index (χ3n) is 7.23. The van der Waals surface area contributed by atoms with Crippen molar-refractivity contribution in [2.24, 2.45) is 0 Å². The fourth-order valence-electron chi connectivity index (χ4n) is 5.27. The van der Waals surface area contributed by atoms with E-state index in [9.17, 15) is 9.59 Å². The lowest BCUT2D eigenvalue weighted by molar-refractivity contribution is -0.121. The average Bonchev–Trinajstić information content (AvgIpc) is 3.26. The zero-order valence-corrected chi connectivity index (χ0v) is 19.6. The summed E-state index contributed by atoms with van der Waals surface area (Å²) >= 11 is 0. The summed E-state index contributed by atoms with van der Waals surface area (Å²) in [4.78, 5) is 29.6. The number of nitrogens with one attached hydrogen (secondary N) is 1. The summed E-state index contributed by atoms with van der Waals surface area (Å²) in [7, 11) is 0. The Bertz CT molecular complexity index is 1420. The zero-order chi connectivity index (χ0) is 23.9. The van der Waals surface area contributed by atoms with Crippen molar-refractivity contribution in [3.05, 3.63) is 72.3 Å². The van der Waals surface area contributed by atoms with Gasteiger partial charge in [-0.3, -0.25) is 14.6 Å². The fourth-order valence-corrected chi connectivity index (χ4v) is 5.27. The van der Waals surface area contributed by atoms with Gasteiger partial charge in [-0.05, 0) is 50.1 Å². The Balaban J connectivity index is 1.12. The maximum Gasteiger partial charge on any atom is 0.414 e. The third-order valence-corrected chi connectivity index (χ3v) is 7.23. The van der Waals surface area contributed by atoms with E-state index in [1.807, 2.05) is 73.7 Å². The van der Waals surface area contributed by atoms with Crippen molar-refractivity contribution < 1.29 is 18.7 Å². The van der Waals surface area contributed by atoms with Crippen LogP contribution in [0.25, 0.3) is 21.9 Å². The number of hydrogen-bond acceptors (Lipinski definition) is 5. The lowest BCUT2D eigenvalue weighted by Crippen LogP contribution is -2.52. The number of para-hydroxylation sites is 2. The summed E-state index contributed by atoms with van der Waals surface area (Å²) in [5.41, 5.74) is 4.36. The number of piperidine rings is 1. The number of likely N-dealkylation sites (tertiary alicyclic amines) is 1. The molecule has 0 saturated carbocycles. The van der Waals surface area contributed by atoms with Crippen LogP contribution in [0, 0.1) is 0 Å². The number of rotatable bonds is 4. The molecule has 1 N–H and O–H groups in total. The maximum absolute atomic E-state index is 13.1. The highest BCUT2D eigenvalue weighted by Gasteiger charge is 2.35. The predicted molar refractivity (Wildman–Crippen MR) is 136 cm³/mol. The molecule has 0 radical (unpaired) electrons. The van der Waals surface area contributed by atoms with Crippen LogP contribution >= 0.6 is 0 Å². The molecule has 178 valence electrons. The van der Waals surface area contributed by atoms with E-state index in [-0.39, 0.29) is 24.1 Å². The van der Waals surface area contributed by atoms with E-state index in [0.717, 1.165) is 64.8 Å². The summed E-state index contributed by atoms with van der Waals surface area (Å²) in [6, 6.07) is 21.3. The quantitative estimate of drug-likeness (QED) is 0.425. The molecule has 0 aliphatic carbocycles. The number of amides is 2. The number of carbonyl (C=O) groups excluding carboxylic acids is 2. The fraction of sp³-hybridized carbons (Fsp3) is 0.286. The van der Waals surface area contributed by atoms with Gasteiger partial charge in [-0.1, -0.05) is 36.4 Å². The standard InChI is InChI=1S/C28H27N3O4/c1-18(27(32)29-20-10-11-26-23(16-20)22-7-3-5-9-25(22)35-26)30-14-12-21(13-15-30)31-24-8-4-2-6-19(24)17-34-28(31)33/h2-11,16,18,21H,12-15,17H2,1H3,(H,29,32). The molecule has 1 fully saturated rings. The Hall–Kier alpha value is -3.84. The van der Waals surface area contributed by atoms with E-state index >= 15 is 0 Å². The molecular weight excluding hydrogens is 442 g/mol. The minimum absolute atomic E-state index is 0.0432. The van der Waals surface area contributed by atoms with Crippen molar-refractivity contribution >= 4 is 45.3 Å². The number of carbonyl (C=O) groups is 2. The van der Waals surface area contributed by atoms with Crippen LogP contribution in [0.3, 0.4) is 0 Å². The zero-order valence-electron chi connectivity index (χ0n) is 19.6. The van der Waals surface area contributed by atoms with Gasteiger partial charge in [0.25, 0.3) is 0 Å². The Kier molecular flexibility index (Phi) is 5.41. The van der Waals surface area contributed by atoms with Gasteiger partial charge < -0.3 is 14.5 Å². The molecule has 1 atom stereocenters. The summed E-state index contributed by atoms with van der Waals surface area (Å²) in [6.07, 6.45) is 1.29. The molecule has 1 aromatic heterocycles. The van der Waals surface area contributed by atoms with Crippen LogP contribution in [0.15, 0.2) is 71.1 Å². The van der Waals surface area contributed by atoms with E-state index < -0.39 is 0 Å². The van der Waals surface area contributed by atoms with Crippen LogP contribution in [-0.4, -0.2) is 42.1 Å². The van der Waals surface area contributed by atoms with Crippen molar-refractivity contribution in [1.29, 1.82) is 0 Å². The van der Waals surface area contributed by atoms with Gasteiger partial charge in [-0.2, -0.15) is 0 Å². The Morgan fingerprint density at radius 1 is 0.971 bits per heavy atom. The highest BCUT2D eigenvalue weighted by atomic mass is 16.6. The van der Waals surface area contributed by atoms with Gasteiger partial charge >= 0.3 is 6.09 Å². The molecule has 3 aromatic carbocycles. The predicted octanol–water partition coefficient (Wildman–Crippen LogP) is 5.53. The Morgan fingerprint density at radius 2 is 1.71 bits per heavy atom. The maximum atomic E-state index is 13.1. The molecule has 3 heterocycles. The molecule has 0 spiro atoms. The Morgan fingerprint density at radius 3 is 2.57 bits per heavy atom. The van der Waals surface area contributed by atoms with Crippen molar-refractivity contribution in [2.45, 2.75) is 38.5 Å². The van der Waals surface area contributed by atoms with E-state index in [1.54, 1.807) is 4.90 Å². The van der Waals surface area contributed by atoms with Crippen molar-refractivity contribution in [1.82, 2.24) is 4.90 Å². The van der Waals surface area contributed by atoms with Crippen LogP contribution in [0.2, 0.25) is 0 Å². The van der Waals surface area contributed by atoms with Gasteiger partial charge in [0.1, 0.15) is 17.8 Å². The molecule has 0 bridgehead atoms. The summed E-state index contributed by atoms with van der Waals surface area (Å²) < 4.78 is 11.3. The van der Waals surface area contributed by atoms with E-state index in [2.05, 4.69) is 10.2 Å². The van der Waals surface area contributed by atoms with Crippen LogP contribution in [-0.2, 0) is 16.1 Å². The third kappa shape index (κ3) is 3.91. The molecular formula is C28H27N3O4. The minimum atomic E-state index is -0.284. The number of hydrogen-bond donors (Lipinski definition) is 1. The second kappa shape index (κ2) is 8.74. The number of ether oxygens (including phenoxy) is 1. The summed E-state index contributed by atoms with van der Waals surface area (Å²) in [5.74, 6) is -0.0432. The van der Waals surface area contributed by atoms with Gasteiger partial charge in [0.05, 0.1) is 11.7 Å². The molecule has 35 heavy (non-hydrogen) atoms. The summed E-state index contributed by atoms with van der Waals surface area (Å²) in [5, 5.41) is 5.09. The first-order valence-corrected chi connectivity index (χ1v) is 12.1. The van der Waals surface area contributed by atoms with E-state index in [4.69, 9.17) is 9.15 Å². The molecule has 2 aliphatic heterocycles. The second-order valence-corrected chi connectivity index (χ2v) is 9.29. The van der Waals surface area contributed by atoms with Crippen LogP contribution in [0.4, 0.5) is 16.2 Å². The smallest absolute Gasteiger partial charge is 0.414 e. The number of fused-ring (bicyclic) bond motifs is 4. The highest BCUT2D eigenvalue weighted by molar-refractivity contribution is 6.07. The average molecular weight is 470 g/mol. The van der Waals surface area contributed by atoms with Gasteiger partial charge in [0.2, 0.25) is 5.91 Å². The van der Waals surface area contributed by atoms with Crippen molar-refractivity contribution in [3.8, 4) is 0 Å². The van der Waals surface area contributed by atoms with Gasteiger partial charge in [0, 0.05) is 41.2 Å². The van der Waals surface area contributed by atoms with Gasteiger partial charge in [-0.25, -0.2) is 4.79 Å². The second-order valence-electron chi connectivity index (χ2n) is 9.29. The van der Waals surface area contributed by atoms with E-state index in [0.29, 0.717) is 6.61 Å². The topological polar surface area (TPSA) is 75.0 Å². The van der Waals surface area contributed by atoms with E-state index in [1.165, 1.54) is 0 Å². The lowest BCUT2D eigenvalue weighted by atomic mass is 9.99. The molecule has 7 heteroatoms. The minimum Gasteiger partial charge on any atom is -0.456 e. The number of furan rings is 1. The summed E-state index contributed by atoms with van der Waals surface area (Å²) in [6.45, 7) is 3.72. The first-order chi connectivity index (χ1) is 17.1. The number of benzene rings is 3. The largest absolute Gasteiger partial charge is 0.456 e. The lowest BCUT2D eigenvalue weighted by Gasteiger charge is -2.41. The van der Waals surface area contributed by atoms with Crippen LogP contribution in [0.1, 0.15) is 25.3 Å². The van der Waals surface area contributed by atoms with Gasteiger partial charge in [-0.15, -0.1) is 0 Å². The first-order valence-electron chi connectivity index (χ1n) is 12.1. The SMILES string of the molecule is CC(C(=O)Nc1ccc2oc3ccccc3c2c1)N1CCC(N2C(=O)OCc3ccccc32)CC1. The first kappa shape index (κ1) is 21.7. The molecule has 6 rings (SSSR count). The molecule has 7 nitrogen and oxygen atoms in total. The Labute approximate surface area is 203 Å². The van der Waals surface area contributed by atoms with Crippen LogP contribution < -0.4 is 10.2 Å². The van der Waals surface area contributed by atoms with Crippen molar-refractivity contribution in [3.63, 3.8) is 0 Å². The monoisotopic (exact) mass is 469 g/mol. The molecule has 2 aliphatic rings. The molecule has 2 amide bonds. The highest BCUT2D eigenvalue weighted by Crippen LogP contribution is 2.33. The number of anilines is 2. The molecule has 1 saturated heterocycles. The molecule has 1 unspecified atom stereocenters. The van der Waals surface area contributed by atoms with Crippen molar-refractivity contribution in [2.75, 3.05) is 23.3 Å². The molecule has 4 aromatic rings. The number of nitrogens with zero attached hydrogens (tertiary/aromatic N) is 2. The van der Waals surface area contributed by atoms with Crippen LogP contribution in [0.5, 0.6) is 0 Å².